The van der Waals surface area contributed by atoms with Gasteiger partial charge in [-0.3, -0.25) is 0 Å². The second kappa shape index (κ2) is 5.19. The number of halogens is 1. The van der Waals surface area contributed by atoms with Crippen LogP contribution in [-0.2, 0) is 18.2 Å². The van der Waals surface area contributed by atoms with Gasteiger partial charge in [-0.2, -0.15) is 0 Å². The Bertz CT molecular complexity index is 866. The average Bonchev–Trinajstić information content (AvgIpc) is 3.01. The first-order valence-electron chi connectivity index (χ1n) is 7.46. The molecule has 0 bridgehead atoms. The number of benzene rings is 2. The molecule has 2 aliphatic heterocycles. The van der Waals surface area contributed by atoms with Crippen molar-refractivity contribution in [3.8, 4) is 0 Å². The third-order valence-electron chi connectivity index (χ3n) is 4.51. The summed E-state index contributed by atoms with van der Waals surface area (Å²) in [6.45, 7) is 2.51. The fourth-order valence-electron chi connectivity index (χ4n) is 3.32. The van der Waals surface area contributed by atoms with Gasteiger partial charge in [-0.25, -0.2) is 12.7 Å². The Hall–Kier alpha value is -1.12. The molecule has 120 valence electrons. The third-order valence-corrected chi connectivity index (χ3v) is 7.94. The van der Waals surface area contributed by atoms with Crippen LogP contribution in [0.4, 0.5) is 5.69 Å². The minimum atomic E-state index is -3.66. The highest BCUT2D eigenvalue weighted by Gasteiger charge is 2.57. The van der Waals surface area contributed by atoms with Crippen molar-refractivity contribution < 1.29 is 13.2 Å². The maximum Gasteiger partial charge on any atom is 0.266 e. The van der Waals surface area contributed by atoms with Crippen LogP contribution in [-0.4, -0.2) is 21.3 Å². The van der Waals surface area contributed by atoms with E-state index in [-0.39, 0.29) is 3.42 Å². The molecule has 0 amide bonds. The van der Waals surface area contributed by atoms with Crippen LogP contribution in [0.15, 0.2) is 53.4 Å². The summed E-state index contributed by atoms with van der Waals surface area (Å²) in [7, 11) is -3.66. The summed E-state index contributed by atoms with van der Waals surface area (Å²) in [5, 5.41) is 0. The first-order chi connectivity index (χ1) is 10.9. The number of alkyl halides is 1. The number of sulfonamides is 1. The molecule has 4 nitrogen and oxygen atoms in total. The van der Waals surface area contributed by atoms with E-state index in [1.165, 1.54) is 4.31 Å². The summed E-state index contributed by atoms with van der Waals surface area (Å²) in [5.41, 5.74) is 2.80. The molecule has 0 aliphatic carbocycles. The Labute approximate surface area is 149 Å². The van der Waals surface area contributed by atoms with E-state index < -0.39 is 16.3 Å². The van der Waals surface area contributed by atoms with E-state index in [1.54, 1.807) is 12.1 Å². The number of aryl methyl sites for hydroxylation is 1. The molecule has 1 fully saturated rings. The second-order valence-electron chi connectivity index (χ2n) is 5.97. The molecular formula is C17H16INO3S. The minimum Gasteiger partial charge on any atom is -0.355 e. The average molecular weight is 441 g/mol. The normalized spacial score (nSPS) is 26.2. The predicted molar refractivity (Wildman–Crippen MR) is 97.3 cm³/mol. The van der Waals surface area contributed by atoms with E-state index in [1.807, 2.05) is 43.3 Å². The van der Waals surface area contributed by atoms with Gasteiger partial charge >= 0.3 is 0 Å². The molecule has 23 heavy (non-hydrogen) atoms. The molecule has 2 aromatic rings. The van der Waals surface area contributed by atoms with Gasteiger partial charge in [0, 0.05) is 0 Å². The number of fused-ring (bicyclic) bond motifs is 3. The van der Waals surface area contributed by atoms with Gasteiger partial charge in [-0.1, -0.05) is 58.5 Å². The van der Waals surface area contributed by atoms with Crippen molar-refractivity contribution >= 4 is 38.3 Å². The minimum absolute atomic E-state index is 0.300. The topological polar surface area (TPSA) is 46.6 Å². The smallest absolute Gasteiger partial charge is 0.266 e. The summed E-state index contributed by atoms with van der Waals surface area (Å²) in [4.78, 5) is 0.300. The first kappa shape index (κ1) is 15.4. The number of ether oxygens (including phenoxy) is 1. The van der Waals surface area contributed by atoms with Crippen molar-refractivity contribution in [2.45, 2.75) is 27.9 Å². The van der Waals surface area contributed by atoms with E-state index in [9.17, 15) is 8.42 Å². The fraction of sp³-hybridized carbons (Fsp3) is 0.294. The molecule has 0 unspecified atom stereocenters. The van der Waals surface area contributed by atoms with Gasteiger partial charge in [0.15, 0.2) is 6.23 Å². The lowest BCUT2D eigenvalue weighted by Gasteiger charge is -2.28. The Morgan fingerprint density at radius 1 is 1.17 bits per heavy atom. The Balaban J connectivity index is 1.90. The lowest BCUT2D eigenvalue weighted by Crippen LogP contribution is -2.42. The molecular weight excluding hydrogens is 425 g/mol. The number of hydrogen-bond acceptors (Lipinski definition) is 3. The zero-order valence-electron chi connectivity index (χ0n) is 12.6. The molecule has 0 aromatic heterocycles. The summed E-state index contributed by atoms with van der Waals surface area (Å²) in [6, 6.07) is 14.7. The molecule has 2 aliphatic rings. The van der Waals surface area contributed by atoms with E-state index in [0.717, 1.165) is 23.2 Å². The highest BCUT2D eigenvalue weighted by molar-refractivity contribution is 14.1. The summed E-state index contributed by atoms with van der Waals surface area (Å²) < 4.78 is 33.5. The Kier molecular flexibility index (Phi) is 3.48. The number of rotatable bonds is 2. The van der Waals surface area contributed by atoms with Gasteiger partial charge in [-0.05, 0) is 37.1 Å². The first-order valence-corrected chi connectivity index (χ1v) is 9.97. The molecule has 0 spiro atoms. The molecule has 6 heteroatoms. The van der Waals surface area contributed by atoms with Crippen LogP contribution in [0.1, 0.15) is 17.5 Å². The van der Waals surface area contributed by atoms with Crippen LogP contribution in [0.2, 0.25) is 0 Å². The lowest BCUT2D eigenvalue weighted by molar-refractivity contribution is 0.115. The monoisotopic (exact) mass is 441 g/mol. The maximum atomic E-state index is 13.2. The molecule has 0 radical (unpaired) electrons. The van der Waals surface area contributed by atoms with Crippen LogP contribution in [0.3, 0.4) is 0 Å². The summed E-state index contributed by atoms with van der Waals surface area (Å²) in [6.07, 6.45) is 0.335. The van der Waals surface area contributed by atoms with Gasteiger partial charge in [0.1, 0.15) is 0 Å². The Morgan fingerprint density at radius 3 is 2.61 bits per heavy atom. The third kappa shape index (κ3) is 2.15. The number of anilines is 1. The van der Waals surface area contributed by atoms with Crippen molar-refractivity contribution in [3.63, 3.8) is 0 Å². The molecule has 4 rings (SSSR count). The van der Waals surface area contributed by atoms with Gasteiger partial charge < -0.3 is 4.74 Å². The largest absolute Gasteiger partial charge is 0.355 e. The Morgan fingerprint density at radius 2 is 1.87 bits per heavy atom. The van der Waals surface area contributed by atoms with Crippen LogP contribution >= 0.6 is 22.6 Å². The van der Waals surface area contributed by atoms with Crippen molar-refractivity contribution in [3.05, 3.63) is 59.7 Å². The summed E-state index contributed by atoms with van der Waals surface area (Å²) in [5.74, 6) is 0. The molecule has 0 saturated carbocycles. The van der Waals surface area contributed by atoms with Crippen LogP contribution < -0.4 is 4.31 Å². The number of para-hydroxylation sites is 1. The standard InChI is InChI=1S/C17H16INO3S/c1-12-6-8-13(9-7-12)23(20,21)19-15-5-3-2-4-14(15)17(18)10-11-22-16(17)19/h2-9,16H,10-11H2,1H3/t16-,17+/m0/s1. The van der Waals surface area contributed by atoms with Gasteiger partial charge in [0.2, 0.25) is 0 Å². The fourth-order valence-corrected chi connectivity index (χ4v) is 6.26. The van der Waals surface area contributed by atoms with E-state index in [2.05, 4.69) is 22.6 Å². The number of nitrogens with zero attached hydrogens (tertiary/aromatic N) is 1. The zero-order valence-corrected chi connectivity index (χ0v) is 15.5. The SMILES string of the molecule is Cc1ccc(S(=O)(=O)N2c3ccccc3[C@]3(I)CCO[C@H]23)cc1. The highest BCUT2D eigenvalue weighted by atomic mass is 127. The van der Waals surface area contributed by atoms with Crippen molar-refractivity contribution in [1.82, 2.24) is 0 Å². The lowest BCUT2D eigenvalue weighted by atomic mass is 9.99. The van der Waals surface area contributed by atoms with Crippen LogP contribution in [0.5, 0.6) is 0 Å². The summed E-state index contributed by atoms with van der Waals surface area (Å²) >= 11 is 2.36. The van der Waals surface area contributed by atoms with Crippen LogP contribution in [0.25, 0.3) is 0 Å². The van der Waals surface area contributed by atoms with Gasteiger partial charge in [0.05, 0.1) is 20.6 Å². The second-order valence-corrected chi connectivity index (χ2v) is 9.71. The zero-order chi connectivity index (χ0) is 16.2. The van der Waals surface area contributed by atoms with E-state index in [0.29, 0.717) is 11.5 Å². The predicted octanol–water partition coefficient (Wildman–Crippen LogP) is 3.58. The molecule has 1 saturated heterocycles. The molecule has 2 aromatic carbocycles. The van der Waals surface area contributed by atoms with Crippen molar-refractivity contribution in [2.24, 2.45) is 0 Å². The van der Waals surface area contributed by atoms with Crippen molar-refractivity contribution in [2.75, 3.05) is 10.9 Å². The van der Waals surface area contributed by atoms with Gasteiger partial charge in [-0.15, -0.1) is 0 Å². The molecule has 0 N–H and O–H groups in total. The molecule has 2 heterocycles. The van der Waals surface area contributed by atoms with Crippen molar-refractivity contribution in [1.29, 1.82) is 0 Å². The van der Waals surface area contributed by atoms with Crippen LogP contribution in [0, 0.1) is 6.92 Å². The highest BCUT2D eigenvalue weighted by Crippen LogP contribution is 2.56. The van der Waals surface area contributed by atoms with Gasteiger partial charge in [0.25, 0.3) is 10.0 Å². The molecule has 2 atom stereocenters. The number of hydrogen-bond donors (Lipinski definition) is 0. The van der Waals surface area contributed by atoms with E-state index in [4.69, 9.17) is 4.74 Å². The maximum absolute atomic E-state index is 13.2. The van der Waals surface area contributed by atoms with E-state index >= 15 is 0 Å². The quantitative estimate of drug-likeness (QED) is 0.529.